The van der Waals surface area contributed by atoms with E-state index in [-0.39, 0.29) is 5.97 Å². The molecule has 2 heteroatoms. The van der Waals surface area contributed by atoms with Crippen molar-refractivity contribution in [3.63, 3.8) is 0 Å². The smallest absolute Gasteiger partial charge is 0.330 e. The molecule has 76 valence electrons. The van der Waals surface area contributed by atoms with E-state index in [0.29, 0.717) is 12.0 Å². The van der Waals surface area contributed by atoms with E-state index < -0.39 is 0 Å². The highest BCUT2D eigenvalue weighted by molar-refractivity contribution is 5.81. The maximum Gasteiger partial charge on any atom is 0.330 e. The molecule has 0 aliphatic carbocycles. The minimum absolute atomic E-state index is 0.307. The van der Waals surface area contributed by atoms with Crippen LogP contribution in [0.1, 0.15) is 40.0 Å². The molecule has 0 rings (SSSR count). The quantitative estimate of drug-likeness (QED) is 0.468. The molecular weight excluding hydrogens is 164 g/mol. The van der Waals surface area contributed by atoms with E-state index in [2.05, 4.69) is 27.4 Å². The molecule has 0 spiro atoms. The van der Waals surface area contributed by atoms with Crippen molar-refractivity contribution in [1.29, 1.82) is 0 Å². The van der Waals surface area contributed by atoms with Crippen LogP contribution in [0.4, 0.5) is 0 Å². The Hall–Kier alpha value is -0.790. The van der Waals surface area contributed by atoms with Gasteiger partial charge in [0.05, 0.1) is 6.61 Å². The highest BCUT2D eigenvalue weighted by atomic mass is 16.5. The van der Waals surface area contributed by atoms with Gasteiger partial charge in [0.25, 0.3) is 0 Å². The molecule has 0 bridgehead atoms. The van der Waals surface area contributed by atoms with Gasteiger partial charge in [-0.2, -0.15) is 0 Å². The first kappa shape index (κ1) is 12.2. The molecule has 13 heavy (non-hydrogen) atoms. The molecule has 0 aliphatic heterocycles. The van der Waals surface area contributed by atoms with Crippen LogP contribution in [0.2, 0.25) is 0 Å². The Bertz CT molecular complexity index is 169. The highest BCUT2D eigenvalue weighted by Crippen LogP contribution is 2.29. The van der Waals surface area contributed by atoms with Gasteiger partial charge >= 0.3 is 5.97 Å². The molecule has 0 aliphatic rings. The number of ether oxygens (including phenoxy) is 1. The lowest BCUT2D eigenvalue weighted by molar-refractivity contribution is -0.138. The highest BCUT2D eigenvalue weighted by Gasteiger charge is 2.19. The van der Waals surface area contributed by atoms with Crippen LogP contribution in [0.15, 0.2) is 12.7 Å². The summed E-state index contributed by atoms with van der Waals surface area (Å²) in [6.07, 6.45) is 4.37. The van der Waals surface area contributed by atoms with Gasteiger partial charge in [-0.3, -0.25) is 0 Å². The van der Waals surface area contributed by atoms with Crippen LogP contribution in [0.3, 0.4) is 0 Å². The summed E-state index contributed by atoms with van der Waals surface area (Å²) in [5.41, 5.74) is 0.307. The van der Waals surface area contributed by atoms with Gasteiger partial charge in [0.2, 0.25) is 0 Å². The topological polar surface area (TPSA) is 26.3 Å². The van der Waals surface area contributed by atoms with Crippen molar-refractivity contribution in [2.24, 2.45) is 5.41 Å². The molecule has 0 fully saturated rings. The van der Waals surface area contributed by atoms with E-state index in [1.165, 1.54) is 6.08 Å². The number of hydrogen-bond donors (Lipinski definition) is 0. The van der Waals surface area contributed by atoms with Crippen LogP contribution in [-0.4, -0.2) is 12.6 Å². The van der Waals surface area contributed by atoms with E-state index in [1.807, 2.05) is 0 Å². The Kier molecular flexibility index (Phi) is 5.44. The van der Waals surface area contributed by atoms with Gasteiger partial charge in [-0.15, -0.1) is 0 Å². The first-order chi connectivity index (χ1) is 6.08. The molecule has 0 aromatic rings. The Balaban J connectivity index is 3.73. The summed E-state index contributed by atoms with van der Waals surface area (Å²) in [4.78, 5) is 10.7. The van der Waals surface area contributed by atoms with E-state index in [9.17, 15) is 4.79 Å². The molecule has 0 atom stereocenters. The molecule has 0 saturated heterocycles. The summed E-state index contributed by atoms with van der Waals surface area (Å²) >= 11 is 0. The zero-order chi connectivity index (χ0) is 10.3. The van der Waals surface area contributed by atoms with Gasteiger partial charge in [-0.25, -0.2) is 4.79 Å². The molecule has 2 nitrogen and oxygen atoms in total. The van der Waals surface area contributed by atoms with Crippen molar-refractivity contribution in [2.45, 2.75) is 40.0 Å². The third-order valence-electron chi connectivity index (χ3n) is 2.82. The van der Waals surface area contributed by atoms with Crippen LogP contribution in [0.25, 0.3) is 0 Å². The summed E-state index contributed by atoms with van der Waals surface area (Å²) in [5, 5.41) is 0. The van der Waals surface area contributed by atoms with Gasteiger partial charge in [-0.1, -0.05) is 40.2 Å². The molecule has 0 aromatic carbocycles. The lowest BCUT2D eigenvalue weighted by Gasteiger charge is -2.25. The standard InChI is InChI=1S/C11H20O2/c1-5-10(12)13-9-8-11(4,6-2)7-3/h5H,1,6-9H2,2-4H3. The summed E-state index contributed by atoms with van der Waals surface area (Å²) in [6, 6.07) is 0. The second-order valence-corrected chi connectivity index (χ2v) is 3.64. The largest absolute Gasteiger partial charge is 0.463 e. The first-order valence-electron chi connectivity index (χ1n) is 4.87. The van der Waals surface area contributed by atoms with E-state index in [1.54, 1.807) is 0 Å². The summed E-state index contributed by atoms with van der Waals surface area (Å²) < 4.78 is 4.93. The van der Waals surface area contributed by atoms with Gasteiger partial charge in [-0.05, 0) is 11.8 Å². The maximum absolute atomic E-state index is 10.7. The van der Waals surface area contributed by atoms with Gasteiger partial charge in [0.15, 0.2) is 0 Å². The summed E-state index contributed by atoms with van der Waals surface area (Å²) in [6.45, 7) is 10.4. The van der Waals surface area contributed by atoms with Gasteiger partial charge in [0, 0.05) is 6.08 Å². The molecule has 0 aromatic heterocycles. The van der Waals surface area contributed by atoms with Crippen molar-refractivity contribution in [1.82, 2.24) is 0 Å². The molecule has 0 unspecified atom stereocenters. The summed E-state index contributed by atoms with van der Waals surface area (Å²) in [5.74, 6) is -0.324. The zero-order valence-corrected chi connectivity index (χ0v) is 8.93. The normalized spacial score (nSPS) is 11.0. The fourth-order valence-corrected chi connectivity index (χ4v) is 1.06. The fourth-order valence-electron chi connectivity index (χ4n) is 1.06. The average molecular weight is 184 g/mol. The Labute approximate surface area is 81.0 Å². The first-order valence-corrected chi connectivity index (χ1v) is 4.87. The fraction of sp³-hybridized carbons (Fsp3) is 0.727. The number of carbonyl (C=O) groups is 1. The third-order valence-corrected chi connectivity index (χ3v) is 2.82. The average Bonchev–Trinajstić information content (AvgIpc) is 2.17. The van der Waals surface area contributed by atoms with Crippen LogP contribution in [-0.2, 0) is 9.53 Å². The van der Waals surface area contributed by atoms with E-state index in [0.717, 1.165) is 19.3 Å². The maximum atomic E-state index is 10.7. The SMILES string of the molecule is C=CC(=O)OCCC(C)(CC)CC. The predicted octanol–water partition coefficient (Wildman–Crippen LogP) is 2.93. The monoisotopic (exact) mass is 184 g/mol. The van der Waals surface area contributed by atoms with E-state index in [4.69, 9.17) is 4.74 Å². The van der Waals surface area contributed by atoms with Crippen molar-refractivity contribution in [3.8, 4) is 0 Å². The third kappa shape index (κ3) is 4.71. The number of carbonyl (C=O) groups excluding carboxylic acids is 1. The number of esters is 1. The Morgan fingerprint density at radius 3 is 2.38 bits per heavy atom. The molecule has 0 N–H and O–H groups in total. The number of hydrogen-bond acceptors (Lipinski definition) is 2. The van der Waals surface area contributed by atoms with Crippen LogP contribution in [0.5, 0.6) is 0 Å². The van der Waals surface area contributed by atoms with Gasteiger partial charge < -0.3 is 4.74 Å². The van der Waals surface area contributed by atoms with E-state index >= 15 is 0 Å². The molecular formula is C11H20O2. The molecule has 0 heterocycles. The second-order valence-electron chi connectivity index (χ2n) is 3.64. The van der Waals surface area contributed by atoms with Crippen molar-refractivity contribution in [3.05, 3.63) is 12.7 Å². The molecule has 0 radical (unpaired) electrons. The Morgan fingerprint density at radius 1 is 1.46 bits per heavy atom. The number of rotatable bonds is 6. The van der Waals surface area contributed by atoms with Crippen molar-refractivity contribution in [2.75, 3.05) is 6.61 Å². The summed E-state index contributed by atoms with van der Waals surface area (Å²) in [7, 11) is 0. The molecule has 0 saturated carbocycles. The van der Waals surface area contributed by atoms with Crippen LogP contribution < -0.4 is 0 Å². The van der Waals surface area contributed by atoms with Crippen LogP contribution in [0, 0.1) is 5.41 Å². The minimum atomic E-state index is -0.324. The van der Waals surface area contributed by atoms with Crippen LogP contribution >= 0.6 is 0 Å². The van der Waals surface area contributed by atoms with Crippen molar-refractivity contribution < 1.29 is 9.53 Å². The Morgan fingerprint density at radius 2 is 2.00 bits per heavy atom. The zero-order valence-electron chi connectivity index (χ0n) is 8.93. The second kappa shape index (κ2) is 5.79. The van der Waals surface area contributed by atoms with Crippen molar-refractivity contribution >= 4 is 5.97 Å². The minimum Gasteiger partial charge on any atom is -0.463 e. The predicted molar refractivity (Wildman–Crippen MR) is 54.5 cm³/mol. The van der Waals surface area contributed by atoms with Gasteiger partial charge in [0.1, 0.15) is 0 Å². The lowest BCUT2D eigenvalue weighted by atomic mass is 9.82. The lowest BCUT2D eigenvalue weighted by Crippen LogP contribution is -2.17. The molecule has 0 amide bonds.